The molecule has 124 valence electrons. The van der Waals surface area contributed by atoms with E-state index >= 15 is 0 Å². The molecule has 2 N–H and O–H groups in total. The van der Waals surface area contributed by atoms with E-state index in [9.17, 15) is 9.59 Å². The average Bonchev–Trinajstić information content (AvgIpc) is 3.04. The molecular weight excluding hydrogens is 308 g/mol. The predicted molar refractivity (Wildman–Crippen MR) is 89.4 cm³/mol. The fraction of sp³-hybridized carbons (Fsp3) is 0.222. The first kappa shape index (κ1) is 15.9. The first-order valence-corrected chi connectivity index (χ1v) is 7.58. The highest BCUT2D eigenvalue weighted by atomic mass is 16.7. The second-order valence-corrected chi connectivity index (χ2v) is 5.55. The quantitative estimate of drug-likeness (QED) is 0.904. The SMILES string of the molecule is Cc1cccc(NC(=O)CNC(=O)c2ccc3c(c2)OCO3)c1C. The van der Waals surface area contributed by atoms with Crippen LogP contribution in [0, 0.1) is 13.8 Å². The van der Waals surface area contributed by atoms with Crippen molar-refractivity contribution in [3.63, 3.8) is 0 Å². The smallest absolute Gasteiger partial charge is 0.251 e. The second-order valence-electron chi connectivity index (χ2n) is 5.55. The van der Waals surface area contributed by atoms with Gasteiger partial charge in [-0.3, -0.25) is 9.59 Å². The first-order chi connectivity index (χ1) is 11.5. The van der Waals surface area contributed by atoms with Crippen LogP contribution >= 0.6 is 0 Å². The summed E-state index contributed by atoms with van der Waals surface area (Å²) < 4.78 is 10.4. The van der Waals surface area contributed by atoms with Gasteiger partial charge in [0.05, 0.1) is 6.54 Å². The number of fused-ring (bicyclic) bond motifs is 1. The lowest BCUT2D eigenvalue weighted by Crippen LogP contribution is -2.33. The molecule has 0 atom stereocenters. The van der Waals surface area contributed by atoms with Crippen molar-refractivity contribution >= 4 is 17.5 Å². The molecule has 2 aromatic carbocycles. The maximum atomic E-state index is 12.1. The summed E-state index contributed by atoms with van der Waals surface area (Å²) in [7, 11) is 0. The van der Waals surface area contributed by atoms with Gasteiger partial charge in [0.1, 0.15) is 0 Å². The van der Waals surface area contributed by atoms with Crippen molar-refractivity contribution in [2.75, 3.05) is 18.7 Å². The van der Waals surface area contributed by atoms with Gasteiger partial charge in [-0.2, -0.15) is 0 Å². The van der Waals surface area contributed by atoms with Gasteiger partial charge in [-0.05, 0) is 49.2 Å². The van der Waals surface area contributed by atoms with Gasteiger partial charge in [-0.1, -0.05) is 12.1 Å². The molecule has 0 radical (unpaired) electrons. The minimum absolute atomic E-state index is 0.110. The number of rotatable bonds is 4. The van der Waals surface area contributed by atoms with Gasteiger partial charge in [0.25, 0.3) is 5.91 Å². The Bertz CT molecular complexity index is 802. The molecule has 0 saturated heterocycles. The average molecular weight is 326 g/mol. The lowest BCUT2D eigenvalue weighted by atomic mass is 10.1. The molecule has 0 unspecified atom stereocenters. The Morgan fingerprint density at radius 1 is 1.08 bits per heavy atom. The molecule has 2 aromatic rings. The van der Waals surface area contributed by atoms with E-state index in [1.165, 1.54) is 0 Å². The minimum Gasteiger partial charge on any atom is -0.454 e. The van der Waals surface area contributed by atoms with Crippen molar-refractivity contribution < 1.29 is 19.1 Å². The van der Waals surface area contributed by atoms with Gasteiger partial charge in [0.2, 0.25) is 12.7 Å². The molecule has 0 fully saturated rings. The molecule has 3 rings (SSSR count). The monoisotopic (exact) mass is 326 g/mol. The number of hydrogen-bond acceptors (Lipinski definition) is 4. The van der Waals surface area contributed by atoms with Crippen molar-refractivity contribution in [1.29, 1.82) is 0 Å². The highest BCUT2D eigenvalue weighted by Gasteiger charge is 2.16. The summed E-state index contributed by atoms with van der Waals surface area (Å²) in [4.78, 5) is 24.2. The summed E-state index contributed by atoms with van der Waals surface area (Å²) in [5.41, 5.74) is 3.27. The summed E-state index contributed by atoms with van der Waals surface area (Å²) in [5.74, 6) is 0.518. The zero-order valence-electron chi connectivity index (χ0n) is 13.5. The zero-order chi connectivity index (χ0) is 17.1. The number of ether oxygens (including phenoxy) is 2. The summed E-state index contributed by atoms with van der Waals surface area (Å²) in [5, 5.41) is 5.40. The van der Waals surface area contributed by atoms with Crippen LogP contribution in [0.15, 0.2) is 36.4 Å². The number of carbonyl (C=O) groups is 2. The van der Waals surface area contributed by atoms with Gasteiger partial charge in [-0.15, -0.1) is 0 Å². The summed E-state index contributed by atoms with van der Waals surface area (Å²) in [6.45, 7) is 3.96. The summed E-state index contributed by atoms with van der Waals surface area (Å²) >= 11 is 0. The number of carbonyl (C=O) groups excluding carboxylic acids is 2. The third-order valence-corrected chi connectivity index (χ3v) is 3.92. The van der Waals surface area contributed by atoms with Gasteiger partial charge < -0.3 is 20.1 Å². The molecule has 1 heterocycles. The Morgan fingerprint density at radius 2 is 1.88 bits per heavy atom. The molecule has 0 aromatic heterocycles. The van der Waals surface area contributed by atoms with E-state index in [1.807, 2.05) is 32.0 Å². The highest BCUT2D eigenvalue weighted by Crippen LogP contribution is 2.32. The number of anilines is 1. The van der Waals surface area contributed by atoms with E-state index in [0.29, 0.717) is 17.1 Å². The zero-order valence-corrected chi connectivity index (χ0v) is 13.5. The lowest BCUT2D eigenvalue weighted by molar-refractivity contribution is -0.115. The van der Waals surface area contributed by atoms with Crippen molar-refractivity contribution in [2.24, 2.45) is 0 Å². The van der Waals surface area contributed by atoms with E-state index in [-0.39, 0.29) is 25.2 Å². The number of nitrogens with one attached hydrogen (secondary N) is 2. The van der Waals surface area contributed by atoms with Crippen LogP contribution in [0.1, 0.15) is 21.5 Å². The molecule has 0 aliphatic carbocycles. The largest absolute Gasteiger partial charge is 0.454 e. The van der Waals surface area contributed by atoms with Crippen LogP contribution in [-0.4, -0.2) is 25.2 Å². The van der Waals surface area contributed by atoms with Gasteiger partial charge >= 0.3 is 0 Å². The van der Waals surface area contributed by atoms with Crippen molar-refractivity contribution in [3.8, 4) is 11.5 Å². The second kappa shape index (κ2) is 6.62. The minimum atomic E-state index is -0.343. The van der Waals surface area contributed by atoms with Crippen LogP contribution in [0.4, 0.5) is 5.69 Å². The van der Waals surface area contributed by atoms with E-state index in [1.54, 1.807) is 18.2 Å². The highest BCUT2D eigenvalue weighted by molar-refractivity contribution is 6.00. The standard InChI is InChI=1S/C18H18N2O4/c1-11-4-3-5-14(12(11)2)20-17(21)9-19-18(22)13-6-7-15-16(8-13)24-10-23-15/h3-8H,9-10H2,1-2H3,(H,19,22)(H,20,21). The van der Waals surface area contributed by atoms with E-state index < -0.39 is 0 Å². The Hall–Kier alpha value is -3.02. The Labute approximate surface area is 139 Å². The fourth-order valence-electron chi connectivity index (χ4n) is 2.38. The maximum Gasteiger partial charge on any atom is 0.251 e. The van der Waals surface area contributed by atoms with E-state index in [4.69, 9.17) is 9.47 Å². The van der Waals surface area contributed by atoms with E-state index in [2.05, 4.69) is 10.6 Å². The van der Waals surface area contributed by atoms with Crippen LogP contribution in [0.3, 0.4) is 0 Å². The van der Waals surface area contributed by atoms with Crippen molar-refractivity contribution in [3.05, 3.63) is 53.1 Å². The van der Waals surface area contributed by atoms with Crippen molar-refractivity contribution in [2.45, 2.75) is 13.8 Å². The molecular formula is C18H18N2O4. The third kappa shape index (κ3) is 3.32. The van der Waals surface area contributed by atoms with Crippen LogP contribution < -0.4 is 20.1 Å². The number of aryl methyl sites for hydroxylation is 1. The Kier molecular flexibility index (Phi) is 4.37. The molecule has 0 bridgehead atoms. The van der Waals surface area contributed by atoms with Gasteiger partial charge in [0.15, 0.2) is 11.5 Å². The fourth-order valence-corrected chi connectivity index (χ4v) is 2.38. The molecule has 1 aliphatic rings. The van der Waals surface area contributed by atoms with Crippen LogP contribution in [0.5, 0.6) is 11.5 Å². The third-order valence-electron chi connectivity index (χ3n) is 3.92. The van der Waals surface area contributed by atoms with Crippen LogP contribution in [0.25, 0.3) is 0 Å². The molecule has 1 aliphatic heterocycles. The number of amides is 2. The lowest BCUT2D eigenvalue weighted by Gasteiger charge is -2.11. The normalized spacial score (nSPS) is 11.9. The van der Waals surface area contributed by atoms with Gasteiger partial charge in [0, 0.05) is 11.3 Å². The Balaban J connectivity index is 1.58. The van der Waals surface area contributed by atoms with Crippen molar-refractivity contribution in [1.82, 2.24) is 5.32 Å². The molecule has 2 amide bonds. The molecule has 24 heavy (non-hydrogen) atoms. The summed E-state index contributed by atoms with van der Waals surface area (Å²) in [6, 6.07) is 10.6. The molecule has 0 spiro atoms. The topological polar surface area (TPSA) is 76.7 Å². The predicted octanol–water partition coefficient (Wildman–Crippen LogP) is 2.40. The molecule has 6 nitrogen and oxygen atoms in total. The summed E-state index contributed by atoms with van der Waals surface area (Å²) in [6.07, 6.45) is 0. The van der Waals surface area contributed by atoms with Crippen LogP contribution in [0.2, 0.25) is 0 Å². The number of benzene rings is 2. The molecule has 0 saturated carbocycles. The van der Waals surface area contributed by atoms with Gasteiger partial charge in [-0.25, -0.2) is 0 Å². The van der Waals surface area contributed by atoms with E-state index in [0.717, 1.165) is 16.8 Å². The number of hydrogen-bond donors (Lipinski definition) is 2. The maximum absolute atomic E-state index is 12.1. The Morgan fingerprint density at radius 3 is 2.71 bits per heavy atom. The van der Waals surface area contributed by atoms with Crippen LogP contribution in [-0.2, 0) is 4.79 Å². The first-order valence-electron chi connectivity index (χ1n) is 7.58. The molecule has 6 heteroatoms.